The van der Waals surface area contributed by atoms with Crippen molar-refractivity contribution < 1.29 is 0 Å². The van der Waals surface area contributed by atoms with Crippen molar-refractivity contribution in [2.75, 3.05) is 11.9 Å². The Morgan fingerprint density at radius 1 is 0.595 bits per heavy atom. The lowest BCUT2D eigenvalue weighted by atomic mass is 9.91. The van der Waals surface area contributed by atoms with E-state index < -0.39 is 0 Å². The molecule has 0 unspecified atom stereocenters. The van der Waals surface area contributed by atoms with Gasteiger partial charge in [0.1, 0.15) is 0 Å². The van der Waals surface area contributed by atoms with E-state index in [-0.39, 0.29) is 0 Å². The highest BCUT2D eigenvalue weighted by molar-refractivity contribution is 6.33. The van der Waals surface area contributed by atoms with E-state index in [2.05, 4.69) is 126 Å². The molecule has 0 aliphatic carbocycles. The van der Waals surface area contributed by atoms with Crippen LogP contribution in [0.2, 0.25) is 0 Å². The third kappa shape index (κ3) is 2.80. The SMILES string of the molecule is CN(c1ccccc1)c1ccc2ccc3c4c(ccc1c24)cc1c3c2ncccc2n1-c1ccccc1. The smallest absolute Gasteiger partial charge is 0.0969 e. The molecule has 0 fully saturated rings. The fraction of sp³-hybridized carbons (Fsp3) is 0.0294. The fourth-order valence-electron chi connectivity index (χ4n) is 6.11. The highest BCUT2D eigenvalue weighted by Crippen LogP contribution is 2.44. The van der Waals surface area contributed by atoms with E-state index >= 15 is 0 Å². The number of fused-ring (bicyclic) bond motifs is 4. The summed E-state index contributed by atoms with van der Waals surface area (Å²) in [6.07, 6.45) is 1.90. The predicted molar refractivity (Wildman–Crippen MR) is 157 cm³/mol. The Morgan fingerprint density at radius 3 is 2.14 bits per heavy atom. The molecule has 37 heavy (non-hydrogen) atoms. The predicted octanol–water partition coefficient (Wildman–Crippen LogP) is 8.84. The zero-order valence-electron chi connectivity index (χ0n) is 20.4. The number of aromatic nitrogens is 2. The first kappa shape index (κ1) is 20.3. The topological polar surface area (TPSA) is 21.1 Å². The molecule has 2 aromatic heterocycles. The van der Waals surface area contributed by atoms with Crippen molar-refractivity contribution in [3.05, 3.63) is 121 Å². The quantitative estimate of drug-likeness (QED) is 0.239. The third-order valence-electron chi connectivity index (χ3n) is 7.76. The lowest BCUT2D eigenvalue weighted by Gasteiger charge is -2.23. The van der Waals surface area contributed by atoms with Gasteiger partial charge in [0.15, 0.2) is 0 Å². The molecule has 8 rings (SSSR count). The highest BCUT2D eigenvalue weighted by Gasteiger charge is 2.20. The summed E-state index contributed by atoms with van der Waals surface area (Å²) in [4.78, 5) is 7.18. The van der Waals surface area contributed by atoms with E-state index in [9.17, 15) is 0 Å². The average Bonchev–Trinajstić information content (AvgIpc) is 3.30. The summed E-state index contributed by atoms with van der Waals surface area (Å²) in [6.45, 7) is 0. The molecule has 0 radical (unpaired) electrons. The van der Waals surface area contributed by atoms with Gasteiger partial charge < -0.3 is 9.47 Å². The van der Waals surface area contributed by atoms with E-state index in [1.54, 1.807) is 0 Å². The number of benzene rings is 6. The summed E-state index contributed by atoms with van der Waals surface area (Å²) in [5.41, 5.74) is 6.89. The Labute approximate surface area is 214 Å². The van der Waals surface area contributed by atoms with Crippen LogP contribution >= 0.6 is 0 Å². The molecule has 0 spiro atoms. The molecule has 0 aliphatic rings. The Kier molecular flexibility index (Phi) is 4.15. The molecule has 6 aromatic carbocycles. The first-order chi connectivity index (χ1) is 18.3. The first-order valence-corrected chi connectivity index (χ1v) is 12.6. The molecule has 3 nitrogen and oxygen atoms in total. The van der Waals surface area contributed by atoms with Crippen molar-refractivity contribution in [1.29, 1.82) is 0 Å². The summed E-state index contributed by atoms with van der Waals surface area (Å²) in [7, 11) is 2.15. The Hall–Kier alpha value is -4.89. The van der Waals surface area contributed by atoms with Crippen LogP contribution in [0.15, 0.2) is 121 Å². The van der Waals surface area contributed by atoms with Gasteiger partial charge in [-0.15, -0.1) is 0 Å². The number of para-hydroxylation sites is 2. The minimum Gasteiger partial charge on any atom is -0.344 e. The molecule has 8 aromatic rings. The third-order valence-corrected chi connectivity index (χ3v) is 7.76. The van der Waals surface area contributed by atoms with E-state index in [0.717, 1.165) is 16.7 Å². The zero-order chi connectivity index (χ0) is 24.5. The lowest BCUT2D eigenvalue weighted by molar-refractivity contribution is 1.18. The summed E-state index contributed by atoms with van der Waals surface area (Å²) >= 11 is 0. The van der Waals surface area contributed by atoms with Crippen LogP contribution in [0, 0.1) is 0 Å². The van der Waals surface area contributed by atoms with Crippen molar-refractivity contribution in [3.63, 3.8) is 0 Å². The van der Waals surface area contributed by atoms with Crippen LogP contribution in [-0.2, 0) is 0 Å². The standard InChI is InChI=1S/C34H23N3/c1-36(24-9-4-2-5-10-24)28-19-16-22-14-18-27-32-23(15-17-26(28)31(22)32)21-30-33(27)34-29(13-8-20-35-34)37(30)25-11-6-3-7-12-25/h2-21H,1H3. The van der Waals surface area contributed by atoms with Gasteiger partial charge in [0.05, 0.1) is 16.6 Å². The Morgan fingerprint density at radius 2 is 1.30 bits per heavy atom. The number of pyridine rings is 1. The molecule has 0 atom stereocenters. The fourth-order valence-corrected chi connectivity index (χ4v) is 6.11. The maximum Gasteiger partial charge on any atom is 0.0969 e. The van der Waals surface area contributed by atoms with E-state index in [0.29, 0.717) is 0 Å². The minimum absolute atomic E-state index is 1.04. The zero-order valence-corrected chi connectivity index (χ0v) is 20.4. The molecule has 0 amide bonds. The van der Waals surface area contributed by atoms with Crippen LogP contribution in [0.25, 0.3) is 59.9 Å². The molecule has 0 saturated heterocycles. The van der Waals surface area contributed by atoms with Crippen molar-refractivity contribution >= 4 is 65.6 Å². The Balaban J connectivity index is 1.52. The van der Waals surface area contributed by atoms with Crippen LogP contribution in [0.5, 0.6) is 0 Å². The summed E-state index contributed by atoms with van der Waals surface area (Å²) in [5, 5.41) is 8.86. The number of anilines is 2. The number of hydrogen-bond acceptors (Lipinski definition) is 2. The summed E-state index contributed by atoms with van der Waals surface area (Å²) in [5.74, 6) is 0. The van der Waals surface area contributed by atoms with Crippen LogP contribution in [0.3, 0.4) is 0 Å². The van der Waals surface area contributed by atoms with Gasteiger partial charge in [-0.1, -0.05) is 66.7 Å². The van der Waals surface area contributed by atoms with Gasteiger partial charge in [-0.2, -0.15) is 0 Å². The number of hydrogen-bond donors (Lipinski definition) is 0. The second-order valence-corrected chi connectivity index (χ2v) is 9.71. The van der Waals surface area contributed by atoms with Crippen molar-refractivity contribution in [3.8, 4) is 5.69 Å². The second kappa shape index (κ2) is 7.55. The Bertz CT molecular complexity index is 2090. The van der Waals surface area contributed by atoms with Crippen molar-refractivity contribution in [2.24, 2.45) is 0 Å². The monoisotopic (exact) mass is 473 g/mol. The van der Waals surface area contributed by atoms with Gasteiger partial charge >= 0.3 is 0 Å². The minimum atomic E-state index is 1.04. The lowest BCUT2D eigenvalue weighted by Crippen LogP contribution is -2.09. The first-order valence-electron chi connectivity index (χ1n) is 12.6. The molecule has 2 heterocycles. The number of rotatable bonds is 3. The van der Waals surface area contributed by atoms with Crippen LogP contribution < -0.4 is 4.90 Å². The second-order valence-electron chi connectivity index (χ2n) is 9.71. The van der Waals surface area contributed by atoms with Gasteiger partial charge in [-0.3, -0.25) is 4.98 Å². The summed E-state index contributed by atoms with van der Waals surface area (Å²) in [6, 6.07) is 41.3. The van der Waals surface area contributed by atoms with Crippen molar-refractivity contribution in [2.45, 2.75) is 0 Å². The number of nitrogens with zero attached hydrogens (tertiary/aromatic N) is 3. The molecule has 3 heteroatoms. The van der Waals surface area contributed by atoms with Gasteiger partial charge in [-0.25, -0.2) is 0 Å². The average molecular weight is 474 g/mol. The van der Waals surface area contributed by atoms with Gasteiger partial charge in [0, 0.05) is 41.1 Å². The maximum atomic E-state index is 4.89. The maximum absolute atomic E-state index is 4.89. The van der Waals surface area contributed by atoms with E-state index in [1.165, 1.54) is 54.6 Å². The molecule has 0 aliphatic heterocycles. The molecule has 0 N–H and O–H groups in total. The van der Waals surface area contributed by atoms with Crippen molar-refractivity contribution in [1.82, 2.24) is 9.55 Å². The molecule has 0 bridgehead atoms. The van der Waals surface area contributed by atoms with Crippen LogP contribution in [0.4, 0.5) is 11.4 Å². The van der Waals surface area contributed by atoms with Gasteiger partial charge in [0.2, 0.25) is 0 Å². The molecule has 174 valence electrons. The molecular weight excluding hydrogens is 450 g/mol. The van der Waals surface area contributed by atoms with Gasteiger partial charge in [-0.05, 0) is 75.5 Å². The summed E-state index contributed by atoms with van der Waals surface area (Å²) < 4.78 is 2.35. The van der Waals surface area contributed by atoms with E-state index in [4.69, 9.17) is 4.98 Å². The normalized spacial score (nSPS) is 11.9. The highest BCUT2D eigenvalue weighted by atomic mass is 15.1. The largest absolute Gasteiger partial charge is 0.344 e. The van der Waals surface area contributed by atoms with E-state index in [1.807, 2.05) is 12.3 Å². The molecular formula is C34H23N3. The molecule has 0 saturated carbocycles. The van der Waals surface area contributed by atoms with Crippen LogP contribution in [0.1, 0.15) is 0 Å². The van der Waals surface area contributed by atoms with Crippen LogP contribution in [-0.4, -0.2) is 16.6 Å². The van der Waals surface area contributed by atoms with Gasteiger partial charge in [0.25, 0.3) is 0 Å².